The number of para-hydroxylation sites is 1. The fraction of sp³-hybridized carbons (Fsp3) is 0.375. The zero-order valence-corrected chi connectivity index (χ0v) is 24.9. The van der Waals surface area contributed by atoms with Gasteiger partial charge in [-0.15, -0.1) is 11.3 Å². The van der Waals surface area contributed by atoms with Crippen LogP contribution in [0.5, 0.6) is 0 Å². The number of alkyl halides is 2. The van der Waals surface area contributed by atoms with Crippen molar-refractivity contribution in [2.24, 2.45) is 0 Å². The summed E-state index contributed by atoms with van der Waals surface area (Å²) < 4.78 is 31.5. The Morgan fingerprint density at radius 2 is 1.77 bits per heavy atom. The number of aliphatic carboxylic acids is 1. The van der Waals surface area contributed by atoms with Gasteiger partial charge in [-0.1, -0.05) is 55.5 Å². The lowest BCUT2D eigenvalue weighted by atomic mass is 9.96. The molecule has 0 radical (unpaired) electrons. The highest BCUT2D eigenvalue weighted by atomic mass is 32.1. The number of rotatable bonds is 7. The number of halogens is 2. The van der Waals surface area contributed by atoms with Crippen molar-refractivity contribution in [3.05, 3.63) is 76.8 Å². The zero-order chi connectivity index (χ0) is 30.7. The van der Waals surface area contributed by atoms with Crippen LogP contribution in [-0.2, 0) is 9.59 Å². The van der Waals surface area contributed by atoms with Crippen LogP contribution in [0.25, 0.3) is 16.1 Å². The average molecular weight is 609 g/mol. The molecule has 3 heterocycles. The summed E-state index contributed by atoms with van der Waals surface area (Å²) in [6.45, 7) is 3.94. The second-order valence-corrected chi connectivity index (χ2v) is 11.9. The molecule has 0 saturated carbocycles. The summed E-state index contributed by atoms with van der Waals surface area (Å²) in [5.74, 6) is -5.21. The first kappa shape index (κ1) is 30.5. The Hall–Kier alpha value is -3.96. The van der Waals surface area contributed by atoms with E-state index >= 15 is 8.78 Å². The Morgan fingerprint density at radius 3 is 2.44 bits per heavy atom. The molecule has 1 atom stereocenters. The Kier molecular flexibility index (Phi) is 9.03. The molecule has 3 aromatic rings. The largest absolute Gasteiger partial charge is 0.480 e. The normalized spacial score (nSPS) is 18.7. The van der Waals surface area contributed by atoms with E-state index in [9.17, 15) is 19.5 Å². The van der Waals surface area contributed by atoms with Crippen molar-refractivity contribution >= 4 is 40.4 Å². The molecule has 2 aromatic carbocycles. The number of thiazole rings is 1. The summed E-state index contributed by atoms with van der Waals surface area (Å²) >= 11 is 1.23. The van der Waals surface area contributed by atoms with Crippen molar-refractivity contribution in [2.75, 3.05) is 24.5 Å². The van der Waals surface area contributed by atoms with E-state index in [0.29, 0.717) is 53.6 Å². The zero-order valence-electron chi connectivity index (χ0n) is 24.1. The highest BCUT2D eigenvalue weighted by molar-refractivity contribution is 7.17. The number of allylic oxidation sites excluding steroid dienone is 1. The van der Waals surface area contributed by atoms with E-state index in [1.165, 1.54) is 27.2 Å². The fourth-order valence-corrected chi connectivity index (χ4v) is 6.61. The van der Waals surface area contributed by atoms with E-state index in [1.807, 2.05) is 30.3 Å². The first-order valence-electron chi connectivity index (χ1n) is 14.4. The van der Waals surface area contributed by atoms with Crippen LogP contribution in [0, 0.1) is 6.92 Å². The number of nitrogens with zero attached hydrogens (tertiary/aromatic N) is 3. The summed E-state index contributed by atoms with van der Waals surface area (Å²) in [7, 11) is 0. The molecule has 2 aliphatic rings. The first-order valence-corrected chi connectivity index (χ1v) is 15.2. The molecular weight excluding hydrogens is 574 g/mol. The third kappa shape index (κ3) is 6.52. The topological polar surface area (TPSA) is 103 Å². The highest BCUT2D eigenvalue weighted by Gasteiger charge is 2.42. The molecule has 8 nitrogen and oxygen atoms in total. The Morgan fingerprint density at radius 1 is 1.09 bits per heavy atom. The summed E-state index contributed by atoms with van der Waals surface area (Å²) in [6.07, 6.45) is 1.85. The lowest BCUT2D eigenvalue weighted by molar-refractivity contribution is -0.140. The number of aromatic nitrogens is 1. The Labute approximate surface area is 253 Å². The standard InChI is InChI=1S/C32H34F2N4O4S/c1-3-25(31(41)42)36-22-13-16-37(17-14-22)27(39)19-24-23-11-7-8-12-26(23)38(18-15-32(24,33)34)30(40)28-20(2)35-29(43-28)21-9-5-4-6-10-21/h4-12,19,22,25,36H,3,13-18H2,1-2H3,(H,41,42). The molecular formula is C32H34F2N4O4S. The predicted octanol–water partition coefficient (Wildman–Crippen LogP) is 5.63. The van der Waals surface area contributed by atoms with Gasteiger partial charge in [-0.2, -0.15) is 0 Å². The molecule has 2 aliphatic heterocycles. The number of carbonyl (C=O) groups excluding carboxylic acids is 2. The van der Waals surface area contributed by atoms with Crippen LogP contribution >= 0.6 is 11.3 Å². The lowest BCUT2D eigenvalue weighted by Crippen LogP contribution is -2.49. The van der Waals surface area contributed by atoms with Gasteiger partial charge >= 0.3 is 5.97 Å². The third-order valence-electron chi connectivity index (χ3n) is 8.00. The van der Waals surface area contributed by atoms with E-state index in [0.717, 1.165) is 11.6 Å². The molecule has 0 aliphatic carbocycles. The Bertz CT molecular complexity index is 1530. The number of likely N-dealkylation sites (tertiary alicyclic amines) is 1. The molecule has 1 fully saturated rings. The minimum Gasteiger partial charge on any atom is -0.480 e. The molecule has 11 heteroatoms. The molecule has 5 rings (SSSR count). The van der Waals surface area contributed by atoms with E-state index in [4.69, 9.17) is 0 Å². The van der Waals surface area contributed by atoms with Gasteiger partial charge in [0, 0.05) is 54.9 Å². The number of anilines is 1. The van der Waals surface area contributed by atoms with Crippen LogP contribution in [0.15, 0.2) is 60.7 Å². The lowest BCUT2D eigenvalue weighted by Gasteiger charge is -2.33. The van der Waals surface area contributed by atoms with Gasteiger partial charge in [0.1, 0.15) is 15.9 Å². The molecule has 2 amide bonds. The van der Waals surface area contributed by atoms with E-state index < -0.39 is 41.7 Å². The Balaban J connectivity index is 1.39. The van der Waals surface area contributed by atoms with Crippen molar-refractivity contribution < 1.29 is 28.3 Å². The maximum atomic E-state index is 15.7. The number of hydrogen-bond acceptors (Lipinski definition) is 6. The van der Waals surface area contributed by atoms with Gasteiger partial charge in [-0.05, 0) is 32.3 Å². The molecule has 1 unspecified atom stereocenters. The van der Waals surface area contributed by atoms with Crippen LogP contribution in [0.4, 0.5) is 14.5 Å². The summed E-state index contributed by atoms with van der Waals surface area (Å²) in [4.78, 5) is 46.4. The number of carboxylic acid groups (broad SMARTS) is 1. The van der Waals surface area contributed by atoms with Crippen molar-refractivity contribution in [3.63, 3.8) is 0 Å². The monoisotopic (exact) mass is 608 g/mol. The van der Waals surface area contributed by atoms with Crippen molar-refractivity contribution in [1.29, 1.82) is 0 Å². The van der Waals surface area contributed by atoms with E-state index in [1.54, 1.807) is 32.0 Å². The maximum Gasteiger partial charge on any atom is 0.320 e. The molecule has 1 saturated heterocycles. The fourth-order valence-electron chi connectivity index (χ4n) is 5.59. The van der Waals surface area contributed by atoms with Crippen LogP contribution in [0.1, 0.15) is 53.5 Å². The minimum absolute atomic E-state index is 0.0741. The number of carboxylic acids is 1. The van der Waals surface area contributed by atoms with Crippen LogP contribution in [0.2, 0.25) is 0 Å². The number of aryl methyl sites for hydroxylation is 1. The maximum absolute atomic E-state index is 15.7. The minimum atomic E-state index is -3.35. The average Bonchev–Trinajstić information content (AvgIpc) is 3.36. The van der Waals surface area contributed by atoms with Gasteiger partial charge in [0.2, 0.25) is 5.91 Å². The number of amides is 2. The van der Waals surface area contributed by atoms with Gasteiger partial charge in [0.05, 0.1) is 11.4 Å². The molecule has 0 spiro atoms. The summed E-state index contributed by atoms with van der Waals surface area (Å²) in [5, 5.41) is 13.1. The van der Waals surface area contributed by atoms with Crippen molar-refractivity contribution in [1.82, 2.24) is 15.2 Å². The van der Waals surface area contributed by atoms with Gasteiger partial charge in [0.15, 0.2) is 0 Å². The predicted molar refractivity (Wildman–Crippen MR) is 162 cm³/mol. The van der Waals surface area contributed by atoms with Gasteiger partial charge in [-0.3, -0.25) is 14.4 Å². The second kappa shape index (κ2) is 12.7. The molecule has 43 heavy (non-hydrogen) atoms. The van der Waals surface area contributed by atoms with Crippen LogP contribution < -0.4 is 10.2 Å². The van der Waals surface area contributed by atoms with Crippen LogP contribution in [-0.4, -0.2) is 70.4 Å². The number of nitrogens with one attached hydrogen (secondary N) is 1. The van der Waals surface area contributed by atoms with Gasteiger partial charge in [0.25, 0.3) is 11.8 Å². The summed E-state index contributed by atoms with van der Waals surface area (Å²) in [6, 6.07) is 15.2. The molecule has 226 valence electrons. The molecule has 0 bridgehead atoms. The van der Waals surface area contributed by atoms with E-state index in [2.05, 4.69) is 10.3 Å². The number of hydrogen-bond donors (Lipinski definition) is 2. The third-order valence-corrected chi connectivity index (χ3v) is 9.20. The number of benzene rings is 2. The molecule has 1 aromatic heterocycles. The van der Waals surface area contributed by atoms with Crippen molar-refractivity contribution in [2.45, 2.75) is 57.5 Å². The second-order valence-electron chi connectivity index (χ2n) is 10.9. The molecule has 2 N–H and O–H groups in total. The highest BCUT2D eigenvalue weighted by Crippen LogP contribution is 2.44. The quantitative estimate of drug-likeness (QED) is 0.337. The SMILES string of the molecule is CCC(NC1CCN(C(=O)C=C2c3ccccc3N(C(=O)c3sc(-c4ccccc4)nc3C)CCC2(F)F)CC1)C(=O)O. The summed E-state index contributed by atoms with van der Waals surface area (Å²) in [5.41, 5.74) is 1.44. The number of piperidine rings is 1. The van der Waals surface area contributed by atoms with E-state index in [-0.39, 0.29) is 18.2 Å². The van der Waals surface area contributed by atoms with Gasteiger partial charge in [-0.25, -0.2) is 13.8 Å². The smallest absolute Gasteiger partial charge is 0.320 e. The van der Waals surface area contributed by atoms with Gasteiger partial charge < -0.3 is 20.2 Å². The van der Waals surface area contributed by atoms with Crippen LogP contribution in [0.3, 0.4) is 0 Å². The number of carbonyl (C=O) groups is 3. The first-order chi connectivity index (χ1) is 20.6. The number of fused-ring (bicyclic) bond motifs is 1. The van der Waals surface area contributed by atoms with Crippen molar-refractivity contribution in [3.8, 4) is 10.6 Å².